The Balaban J connectivity index is 1.48. The fourth-order valence-electron chi connectivity index (χ4n) is 8.73. The van der Waals surface area contributed by atoms with Gasteiger partial charge in [-0.25, -0.2) is 0 Å². The molecule has 0 aliphatic heterocycles. The Bertz CT molecular complexity index is 649. The summed E-state index contributed by atoms with van der Waals surface area (Å²) in [4.78, 5) is 0. The Morgan fingerprint density at radius 1 is 1.10 bits per heavy atom. The molecule has 4 aliphatic carbocycles. The van der Waals surface area contributed by atoms with E-state index in [1.807, 2.05) is 0 Å². The van der Waals surface area contributed by atoms with Gasteiger partial charge in [-0.2, -0.15) is 0 Å². The monoisotopic (exact) mass is 399 g/mol. The number of fused-ring (bicyclic) bond motifs is 5. The molecule has 2 heteroatoms. The van der Waals surface area contributed by atoms with Gasteiger partial charge in [-0.3, -0.25) is 0 Å². The first kappa shape index (κ1) is 21.4. The quantitative estimate of drug-likeness (QED) is 0.372. The van der Waals surface area contributed by atoms with Crippen LogP contribution in [0, 0.1) is 52.8 Å². The van der Waals surface area contributed by atoms with Gasteiger partial charge in [0.25, 0.3) is 0 Å². The molecule has 0 aromatic carbocycles. The molecule has 1 unspecified atom stereocenters. The highest BCUT2D eigenvalue weighted by Gasteiger charge is 2.57. The normalized spacial score (nSPS) is 44.2. The van der Waals surface area contributed by atoms with E-state index in [4.69, 9.17) is 0 Å². The standard InChI is InChI=1S/C27H45NO/c1-17(2)7-6-8-18(3)24-11-12-25-22-10-9-20-16-21(28-29)15-19(4)26(20)23(22)13-14-27(24,25)5/h16-19,22-26,29H,6-15H2,1-5H3/b28-21+/t18-,19-,22-,23+,24-,25+,26?,27-/m1/s1. The average molecular weight is 400 g/mol. The summed E-state index contributed by atoms with van der Waals surface area (Å²) >= 11 is 0. The molecule has 0 aromatic heterocycles. The number of allylic oxidation sites excluding steroid dienone is 2. The predicted octanol–water partition coefficient (Wildman–Crippen LogP) is 7.71. The molecule has 164 valence electrons. The lowest BCUT2D eigenvalue weighted by atomic mass is 9.49. The second kappa shape index (κ2) is 8.39. The molecule has 4 rings (SSSR count). The third-order valence-electron chi connectivity index (χ3n) is 9.97. The molecule has 4 aliphatic rings. The summed E-state index contributed by atoms with van der Waals surface area (Å²) in [5, 5.41) is 12.9. The van der Waals surface area contributed by atoms with Gasteiger partial charge in [0, 0.05) is 0 Å². The van der Waals surface area contributed by atoms with Gasteiger partial charge in [0.2, 0.25) is 0 Å². The van der Waals surface area contributed by atoms with Gasteiger partial charge in [-0.15, -0.1) is 0 Å². The van der Waals surface area contributed by atoms with Gasteiger partial charge in [-0.1, -0.05) is 64.6 Å². The minimum atomic E-state index is 0.593. The van der Waals surface area contributed by atoms with E-state index < -0.39 is 0 Å². The number of rotatable bonds is 5. The summed E-state index contributed by atoms with van der Waals surface area (Å²) < 4.78 is 0. The second-order valence-corrected chi connectivity index (χ2v) is 12.0. The fraction of sp³-hybridized carbons (Fsp3) is 0.889. The molecular weight excluding hydrogens is 354 g/mol. The van der Waals surface area contributed by atoms with Crippen LogP contribution in [0.1, 0.15) is 98.8 Å². The van der Waals surface area contributed by atoms with Gasteiger partial charge < -0.3 is 5.21 Å². The zero-order chi connectivity index (χ0) is 20.8. The van der Waals surface area contributed by atoms with E-state index in [1.54, 1.807) is 5.57 Å². The highest BCUT2D eigenvalue weighted by atomic mass is 16.4. The molecule has 2 nitrogen and oxygen atoms in total. The Kier molecular flexibility index (Phi) is 6.20. The number of hydrogen-bond acceptors (Lipinski definition) is 2. The smallest absolute Gasteiger partial charge is 0.0798 e. The molecule has 0 spiro atoms. The van der Waals surface area contributed by atoms with Crippen molar-refractivity contribution >= 4 is 5.71 Å². The van der Waals surface area contributed by atoms with Crippen LogP contribution in [0.4, 0.5) is 0 Å². The van der Waals surface area contributed by atoms with Crippen LogP contribution in [0.5, 0.6) is 0 Å². The number of nitrogens with zero attached hydrogens (tertiary/aromatic N) is 1. The molecule has 3 saturated carbocycles. The van der Waals surface area contributed by atoms with Crippen LogP contribution < -0.4 is 0 Å². The molecule has 0 saturated heterocycles. The van der Waals surface area contributed by atoms with Crippen molar-refractivity contribution in [2.24, 2.45) is 57.9 Å². The topological polar surface area (TPSA) is 32.6 Å². The highest BCUT2D eigenvalue weighted by Crippen LogP contribution is 2.65. The summed E-state index contributed by atoms with van der Waals surface area (Å²) in [5.74, 6) is 6.89. The lowest BCUT2D eigenvalue weighted by Gasteiger charge is -2.56. The largest absolute Gasteiger partial charge is 0.411 e. The van der Waals surface area contributed by atoms with Crippen LogP contribution in [-0.2, 0) is 0 Å². The van der Waals surface area contributed by atoms with Crippen LogP contribution in [0.15, 0.2) is 16.8 Å². The molecular formula is C27H45NO. The maximum absolute atomic E-state index is 9.30. The average Bonchev–Trinajstić information content (AvgIpc) is 3.04. The van der Waals surface area contributed by atoms with E-state index in [-0.39, 0.29) is 0 Å². The van der Waals surface area contributed by atoms with Crippen molar-refractivity contribution in [1.29, 1.82) is 0 Å². The molecule has 0 heterocycles. The van der Waals surface area contributed by atoms with Crippen LogP contribution >= 0.6 is 0 Å². The molecule has 8 atom stereocenters. The highest BCUT2D eigenvalue weighted by molar-refractivity contribution is 5.96. The van der Waals surface area contributed by atoms with Crippen LogP contribution in [0.25, 0.3) is 0 Å². The van der Waals surface area contributed by atoms with Crippen LogP contribution in [-0.4, -0.2) is 10.9 Å². The van der Waals surface area contributed by atoms with E-state index in [2.05, 4.69) is 45.9 Å². The van der Waals surface area contributed by atoms with Crippen molar-refractivity contribution < 1.29 is 5.21 Å². The van der Waals surface area contributed by atoms with E-state index in [1.165, 1.54) is 57.8 Å². The SMILES string of the molecule is CC(C)CCC[C@@H](C)[C@H]1CC[C@H]2[C@@H]3CCC4=C/C(=N/O)C[C@@H](C)C4[C@H]3CC[C@]12C. The van der Waals surface area contributed by atoms with Crippen LogP contribution in [0.3, 0.4) is 0 Å². The van der Waals surface area contributed by atoms with Crippen molar-refractivity contribution in [3.63, 3.8) is 0 Å². The maximum Gasteiger partial charge on any atom is 0.0798 e. The summed E-state index contributed by atoms with van der Waals surface area (Å²) in [6.07, 6.45) is 16.0. The molecule has 0 radical (unpaired) electrons. The minimum Gasteiger partial charge on any atom is -0.411 e. The van der Waals surface area contributed by atoms with Crippen molar-refractivity contribution in [2.45, 2.75) is 98.8 Å². The van der Waals surface area contributed by atoms with E-state index in [0.29, 0.717) is 11.3 Å². The Morgan fingerprint density at radius 2 is 1.90 bits per heavy atom. The lowest BCUT2D eigenvalue weighted by Crippen LogP contribution is -2.48. The molecule has 1 N–H and O–H groups in total. The van der Waals surface area contributed by atoms with Gasteiger partial charge in [0.1, 0.15) is 0 Å². The minimum absolute atomic E-state index is 0.593. The Hall–Kier alpha value is -0.790. The summed E-state index contributed by atoms with van der Waals surface area (Å²) in [7, 11) is 0. The van der Waals surface area contributed by atoms with E-state index in [9.17, 15) is 5.21 Å². The van der Waals surface area contributed by atoms with Crippen molar-refractivity contribution in [1.82, 2.24) is 0 Å². The van der Waals surface area contributed by atoms with E-state index in [0.717, 1.165) is 53.6 Å². The van der Waals surface area contributed by atoms with Gasteiger partial charge >= 0.3 is 0 Å². The van der Waals surface area contributed by atoms with E-state index >= 15 is 0 Å². The van der Waals surface area contributed by atoms with Crippen LogP contribution in [0.2, 0.25) is 0 Å². The first-order valence-corrected chi connectivity index (χ1v) is 12.8. The third kappa shape index (κ3) is 3.83. The second-order valence-electron chi connectivity index (χ2n) is 12.0. The molecule has 0 bridgehead atoms. The lowest BCUT2D eigenvalue weighted by molar-refractivity contribution is -0.0390. The summed E-state index contributed by atoms with van der Waals surface area (Å²) in [6.45, 7) is 12.4. The van der Waals surface area contributed by atoms with Gasteiger partial charge in [0.15, 0.2) is 0 Å². The van der Waals surface area contributed by atoms with Gasteiger partial charge in [-0.05, 0) is 104 Å². The zero-order valence-corrected chi connectivity index (χ0v) is 19.7. The predicted molar refractivity (Wildman–Crippen MR) is 122 cm³/mol. The third-order valence-corrected chi connectivity index (χ3v) is 9.97. The first-order chi connectivity index (χ1) is 13.8. The van der Waals surface area contributed by atoms with Crippen molar-refractivity contribution in [3.05, 3.63) is 11.6 Å². The first-order valence-electron chi connectivity index (χ1n) is 12.8. The summed E-state index contributed by atoms with van der Waals surface area (Å²) in [6, 6.07) is 0. The summed E-state index contributed by atoms with van der Waals surface area (Å²) in [5.41, 5.74) is 3.12. The molecule has 0 amide bonds. The Labute approximate surface area is 179 Å². The molecule has 29 heavy (non-hydrogen) atoms. The van der Waals surface area contributed by atoms with Gasteiger partial charge in [0.05, 0.1) is 5.71 Å². The molecule has 0 aromatic rings. The zero-order valence-electron chi connectivity index (χ0n) is 19.7. The number of oxime groups is 1. The number of hydrogen-bond donors (Lipinski definition) is 1. The maximum atomic E-state index is 9.30. The van der Waals surface area contributed by atoms with Crippen molar-refractivity contribution in [3.8, 4) is 0 Å². The Morgan fingerprint density at radius 3 is 2.62 bits per heavy atom. The fourth-order valence-corrected chi connectivity index (χ4v) is 8.73. The molecule has 3 fully saturated rings. The van der Waals surface area contributed by atoms with Crippen molar-refractivity contribution in [2.75, 3.05) is 0 Å².